The lowest BCUT2D eigenvalue weighted by molar-refractivity contribution is -0.385. The van der Waals surface area contributed by atoms with Crippen molar-refractivity contribution < 1.29 is 9.66 Å². The summed E-state index contributed by atoms with van der Waals surface area (Å²) in [6.45, 7) is 5.92. The van der Waals surface area contributed by atoms with Crippen LogP contribution in [-0.4, -0.2) is 14.9 Å². The van der Waals surface area contributed by atoms with Crippen LogP contribution in [0, 0.1) is 30.9 Å². The molecule has 7 nitrogen and oxygen atoms in total. The number of ether oxygens (including phenoxy) is 1. The largest absolute Gasteiger partial charge is 0.434 e. The molecule has 0 aliphatic carbocycles. The highest BCUT2D eigenvalue weighted by molar-refractivity contribution is 5.69. The lowest BCUT2D eigenvalue weighted by Crippen LogP contribution is -2.03. The Morgan fingerprint density at radius 3 is 2.38 bits per heavy atom. The van der Waals surface area contributed by atoms with Gasteiger partial charge in [0.15, 0.2) is 0 Å². The quantitative estimate of drug-likeness (QED) is 0.523. The number of nitro groups is 1. The Labute approximate surface area is 150 Å². The molecule has 132 valence electrons. The van der Waals surface area contributed by atoms with Gasteiger partial charge in [0.25, 0.3) is 0 Å². The van der Waals surface area contributed by atoms with Crippen LogP contribution in [-0.2, 0) is 0 Å². The molecule has 2 aromatic carbocycles. The van der Waals surface area contributed by atoms with Gasteiger partial charge in [-0.1, -0.05) is 23.8 Å². The van der Waals surface area contributed by atoms with Gasteiger partial charge in [-0.05, 0) is 56.2 Å². The third-order valence-electron chi connectivity index (χ3n) is 3.98. The van der Waals surface area contributed by atoms with E-state index < -0.39 is 4.92 Å². The summed E-state index contributed by atoms with van der Waals surface area (Å²) in [4.78, 5) is 19.0. The number of anilines is 2. The van der Waals surface area contributed by atoms with Gasteiger partial charge in [-0.25, -0.2) is 4.98 Å². The first-order valence-electron chi connectivity index (χ1n) is 8.02. The van der Waals surface area contributed by atoms with Crippen LogP contribution in [0.1, 0.15) is 16.7 Å². The first-order chi connectivity index (χ1) is 12.4. The van der Waals surface area contributed by atoms with E-state index in [1.54, 1.807) is 12.1 Å². The molecule has 0 spiro atoms. The maximum absolute atomic E-state index is 11.6. The summed E-state index contributed by atoms with van der Waals surface area (Å²) >= 11 is 0. The predicted octanol–water partition coefficient (Wildman–Crippen LogP) is 4.85. The van der Waals surface area contributed by atoms with Gasteiger partial charge < -0.3 is 10.1 Å². The summed E-state index contributed by atoms with van der Waals surface area (Å²) < 4.78 is 5.61. The number of benzene rings is 2. The van der Waals surface area contributed by atoms with Crippen molar-refractivity contribution in [3.05, 3.63) is 75.6 Å². The minimum atomic E-state index is -0.549. The molecular formula is C19H18N4O3. The van der Waals surface area contributed by atoms with Crippen molar-refractivity contribution in [3.8, 4) is 11.6 Å². The Morgan fingerprint density at radius 1 is 1.00 bits per heavy atom. The van der Waals surface area contributed by atoms with E-state index in [0.29, 0.717) is 11.4 Å². The van der Waals surface area contributed by atoms with Crippen molar-refractivity contribution in [3.63, 3.8) is 0 Å². The normalized spacial score (nSPS) is 10.4. The van der Waals surface area contributed by atoms with Crippen LogP contribution < -0.4 is 10.1 Å². The first-order valence-corrected chi connectivity index (χ1v) is 8.02. The van der Waals surface area contributed by atoms with E-state index >= 15 is 0 Å². The fourth-order valence-electron chi connectivity index (χ4n) is 2.37. The number of nitrogens with one attached hydrogen (secondary N) is 1. The molecule has 0 radical (unpaired) electrons. The summed E-state index contributed by atoms with van der Waals surface area (Å²) in [6, 6.07) is 12.9. The van der Waals surface area contributed by atoms with Crippen molar-refractivity contribution in [2.24, 2.45) is 0 Å². The predicted molar refractivity (Wildman–Crippen MR) is 99.1 cm³/mol. The standard InChI is InChI=1S/C19H18N4O3/c1-12-4-8-16(9-5-12)26-19-17(23(24)25)18(20-11-21-19)22-15-7-6-13(2)14(3)10-15/h4-11H,1-3H3,(H,20,21,22). The van der Waals surface area contributed by atoms with Gasteiger partial charge in [-0.3, -0.25) is 10.1 Å². The monoisotopic (exact) mass is 350 g/mol. The van der Waals surface area contributed by atoms with E-state index in [2.05, 4.69) is 15.3 Å². The summed E-state index contributed by atoms with van der Waals surface area (Å²) in [6.07, 6.45) is 1.24. The molecule has 0 saturated carbocycles. The van der Waals surface area contributed by atoms with E-state index in [1.165, 1.54) is 6.33 Å². The second-order valence-electron chi connectivity index (χ2n) is 5.97. The van der Waals surface area contributed by atoms with Crippen molar-refractivity contribution in [1.29, 1.82) is 0 Å². The molecule has 26 heavy (non-hydrogen) atoms. The molecule has 7 heteroatoms. The van der Waals surface area contributed by atoms with Gasteiger partial charge in [0.05, 0.1) is 4.92 Å². The average molecular weight is 350 g/mol. The Balaban J connectivity index is 1.96. The molecule has 0 unspecified atom stereocenters. The molecule has 0 saturated heterocycles. The van der Waals surface area contributed by atoms with Gasteiger partial charge in [0, 0.05) is 5.69 Å². The summed E-state index contributed by atoms with van der Waals surface area (Å²) in [5.74, 6) is 0.435. The zero-order valence-corrected chi connectivity index (χ0v) is 14.7. The first kappa shape index (κ1) is 17.3. The molecule has 0 bridgehead atoms. The number of hydrogen-bond donors (Lipinski definition) is 1. The third-order valence-corrected chi connectivity index (χ3v) is 3.98. The van der Waals surface area contributed by atoms with Crippen LogP contribution in [0.2, 0.25) is 0 Å². The second-order valence-corrected chi connectivity index (χ2v) is 5.97. The zero-order valence-electron chi connectivity index (χ0n) is 14.7. The fourth-order valence-corrected chi connectivity index (χ4v) is 2.37. The Bertz CT molecular complexity index is 955. The molecule has 0 fully saturated rings. The van der Waals surface area contributed by atoms with E-state index in [1.807, 2.05) is 51.1 Å². The molecule has 0 aliphatic heterocycles. The molecule has 1 heterocycles. The van der Waals surface area contributed by atoms with E-state index in [9.17, 15) is 10.1 Å². The van der Waals surface area contributed by atoms with Gasteiger partial charge in [-0.2, -0.15) is 4.98 Å². The number of hydrogen-bond acceptors (Lipinski definition) is 6. The van der Waals surface area contributed by atoms with E-state index in [-0.39, 0.29) is 17.4 Å². The highest BCUT2D eigenvalue weighted by atomic mass is 16.6. The lowest BCUT2D eigenvalue weighted by atomic mass is 10.1. The van der Waals surface area contributed by atoms with Crippen molar-refractivity contribution in [2.75, 3.05) is 5.32 Å². The Hall–Kier alpha value is -3.48. The fraction of sp³-hybridized carbons (Fsp3) is 0.158. The second kappa shape index (κ2) is 7.18. The molecule has 0 amide bonds. The highest BCUT2D eigenvalue weighted by Gasteiger charge is 2.25. The van der Waals surface area contributed by atoms with Crippen LogP contribution in [0.4, 0.5) is 17.2 Å². The average Bonchev–Trinajstić information content (AvgIpc) is 2.60. The topological polar surface area (TPSA) is 90.2 Å². The lowest BCUT2D eigenvalue weighted by Gasteiger charge is -2.10. The number of nitrogens with zero attached hydrogens (tertiary/aromatic N) is 3. The minimum Gasteiger partial charge on any atom is -0.434 e. The third kappa shape index (κ3) is 3.77. The molecule has 0 aliphatic rings. The minimum absolute atomic E-state index is 0.0790. The van der Waals surface area contributed by atoms with E-state index in [4.69, 9.17) is 4.74 Å². The van der Waals surface area contributed by atoms with Crippen molar-refractivity contribution >= 4 is 17.2 Å². The maximum Gasteiger partial charge on any atom is 0.373 e. The van der Waals surface area contributed by atoms with Crippen LogP contribution >= 0.6 is 0 Å². The summed E-state index contributed by atoms with van der Waals surface area (Å²) in [7, 11) is 0. The molecule has 0 atom stereocenters. The van der Waals surface area contributed by atoms with Crippen molar-refractivity contribution in [2.45, 2.75) is 20.8 Å². The number of aryl methyl sites for hydroxylation is 3. The molecular weight excluding hydrogens is 332 g/mol. The number of aromatic nitrogens is 2. The van der Waals surface area contributed by atoms with Crippen LogP contribution in [0.15, 0.2) is 48.8 Å². The smallest absolute Gasteiger partial charge is 0.373 e. The SMILES string of the molecule is Cc1ccc(Oc2ncnc(Nc3ccc(C)c(C)c3)c2[N+](=O)[O-])cc1. The summed E-state index contributed by atoms with van der Waals surface area (Å²) in [5, 5.41) is 14.6. The van der Waals surface area contributed by atoms with Gasteiger partial charge in [0.2, 0.25) is 5.82 Å². The van der Waals surface area contributed by atoms with Gasteiger partial charge in [0.1, 0.15) is 12.1 Å². The Kier molecular flexibility index (Phi) is 4.79. The number of rotatable bonds is 5. The maximum atomic E-state index is 11.6. The van der Waals surface area contributed by atoms with Gasteiger partial charge in [-0.15, -0.1) is 0 Å². The summed E-state index contributed by atoms with van der Waals surface area (Å²) in [5.41, 5.74) is 3.66. The van der Waals surface area contributed by atoms with Crippen LogP contribution in [0.3, 0.4) is 0 Å². The molecule has 3 aromatic rings. The van der Waals surface area contributed by atoms with Crippen LogP contribution in [0.5, 0.6) is 11.6 Å². The van der Waals surface area contributed by atoms with Gasteiger partial charge >= 0.3 is 11.6 Å². The Morgan fingerprint density at radius 2 is 1.73 bits per heavy atom. The highest BCUT2D eigenvalue weighted by Crippen LogP contribution is 2.35. The molecule has 1 N–H and O–H groups in total. The molecule has 1 aromatic heterocycles. The van der Waals surface area contributed by atoms with Crippen LogP contribution in [0.25, 0.3) is 0 Å². The van der Waals surface area contributed by atoms with Crippen molar-refractivity contribution in [1.82, 2.24) is 9.97 Å². The van der Waals surface area contributed by atoms with E-state index in [0.717, 1.165) is 16.7 Å². The molecule has 3 rings (SSSR count). The zero-order chi connectivity index (χ0) is 18.7.